The van der Waals surface area contributed by atoms with Gasteiger partial charge in [0.25, 0.3) is 0 Å². The number of amides is 1. The zero-order valence-corrected chi connectivity index (χ0v) is 11.2. The third kappa shape index (κ3) is 4.25. The van der Waals surface area contributed by atoms with Gasteiger partial charge in [0.05, 0.1) is 12.3 Å². The molecule has 0 aliphatic carbocycles. The number of carbonyl (C=O) groups is 1. The number of rotatable bonds is 6. The highest BCUT2D eigenvalue weighted by molar-refractivity contribution is 7.89. The maximum Gasteiger partial charge on any atom is 0.232 e. The minimum Gasteiger partial charge on any atom is -0.369 e. The first kappa shape index (κ1) is 14.4. The Morgan fingerprint density at radius 1 is 1.53 bits per heavy atom. The SMILES string of the molecule is CC(C)CS(=O)(=O)N(CC(N)=O)C1CCNC1. The van der Waals surface area contributed by atoms with Crippen molar-refractivity contribution in [2.24, 2.45) is 11.7 Å². The van der Waals surface area contributed by atoms with E-state index in [0.717, 1.165) is 13.0 Å². The molecule has 7 heteroatoms. The molecule has 0 saturated carbocycles. The van der Waals surface area contributed by atoms with Gasteiger partial charge in [0, 0.05) is 12.6 Å². The highest BCUT2D eigenvalue weighted by Crippen LogP contribution is 2.15. The summed E-state index contributed by atoms with van der Waals surface area (Å²) in [5, 5.41) is 3.09. The van der Waals surface area contributed by atoms with Gasteiger partial charge in [-0.2, -0.15) is 4.31 Å². The molecule has 0 aromatic carbocycles. The van der Waals surface area contributed by atoms with E-state index < -0.39 is 15.9 Å². The molecule has 0 spiro atoms. The van der Waals surface area contributed by atoms with E-state index in [1.54, 1.807) is 0 Å². The number of nitrogens with zero attached hydrogens (tertiary/aromatic N) is 1. The number of nitrogens with one attached hydrogen (secondary N) is 1. The van der Waals surface area contributed by atoms with Crippen LogP contribution in [0.5, 0.6) is 0 Å². The van der Waals surface area contributed by atoms with E-state index in [9.17, 15) is 13.2 Å². The third-order valence-corrected chi connectivity index (χ3v) is 4.88. The summed E-state index contributed by atoms with van der Waals surface area (Å²) in [5.41, 5.74) is 5.12. The van der Waals surface area contributed by atoms with Crippen LogP contribution in [0.2, 0.25) is 0 Å². The summed E-state index contributed by atoms with van der Waals surface area (Å²) in [5.74, 6) is -0.523. The maximum absolute atomic E-state index is 12.2. The van der Waals surface area contributed by atoms with Crippen LogP contribution in [0, 0.1) is 5.92 Å². The Kier molecular flexibility index (Phi) is 4.91. The van der Waals surface area contributed by atoms with Crippen molar-refractivity contribution in [3.63, 3.8) is 0 Å². The van der Waals surface area contributed by atoms with Crippen LogP contribution in [0.25, 0.3) is 0 Å². The van der Waals surface area contributed by atoms with Crippen molar-refractivity contribution in [3.8, 4) is 0 Å². The lowest BCUT2D eigenvalue weighted by molar-refractivity contribution is -0.118. The van der Waals surface area contributed by atoms with Crippen molar-refractivity contribution in [3.05, 3.63) is 0 Å². The molecule has 1 aliphatic rings. The largest absolute Gasteiger partial charge is 0.369 e. The molecule has 0 radical (unpaired) electrons. The number of hydrogen-bond donors (Lipinski definition) is 2. The Morgan fingerprint density at radius 2 is 2.18 bits per heavy atom. The summed E-state index contributed by atoms with van der Waals surface area (Å²) in [7, 11) is -3.41. The summed E-state index contributed by atoms with van der Waals surface area (Å²) in [4.78, 5) is 11.0. The lowest BCUT2D eigenvalue weighted by atomic mass is 10.2. The smallest absolute Gasteiger partial charge is 0.232 e. The van der Waals surface area contributed by atoms with Crippen molar-refractivity contribution in [2.75, 3.05) is 25.4 Å². The molecule has 6 nitrogen and oxygen atoms in total. The molecule has 3 N–H and O–H groups in total. The predicted molar refractivity (Wildman–Crippen MR) is 65.8 cm³/mol. The second-order valence-electron chi connectivity index (χ2n) is 4.83. The van der Waals surface area contributed by atoms with Crippen LogP contribution in [0.1, 0.15) is 20.3 Å². The first-order valence-corrected chi connectivity index (χ1v) is 7.42. The van der Waals surface area contributed by atoms with Gasteiger partial charge < -0.3 is 11.1 Å². The quantitative estimate of drug-likeness (QED) is 0.651. The average Bonchev–Trinajstić information content (AvgIpc) is 2.63. The summed E-state index contributed by atoms with van der Waals surface area (Å²) in [6.45, 7) is 4.82. The standard InChI is InChI=1S/C10H21N3O3S/c1-8(2)7-17(15,16)13(6-10(11)14)9-3-4-12-5-9/h8-9,12H,3-7H2,1-2H3,(H2,11,14). The first-order chi connectivity index (χ1) is 7.83. The zero-order chi connectivity index (χ0) is 13.1. The van der Waals surface area contributed by atoms with Crippen LogP contribution in [-0.4, -0.2) is 50.1 Å². The van der Waals surface area contributed by atoms with Crippen molar-refractivity contribution in [1.82, 2.24) is 9.62 Å². The second kappa shape index (κ2) is 5.79. The van der Waals surface area contributed by atoms with E-state index in [-0.39, 0.29) is 24.3 Å². The van der Waals surface area contributed by atoms with Crippen LogP contribution in [0.3, 0.4) is 0 Å². The molecule has 1 aliphatic heterocycles. The summed E-state index contributed by atoms with van der Waals surface area (Å²) < 4.78 is 25.6. The molecule has 17 heavy (non-hydrogen) atoms. The molecule has 1 saturated heterocycles. The van der Waals surface area contributed by atoms with Crippen LogP contribution >= 0.6 is 0 Å². The molecule has 0 bridgehead atoms. The average molecular weight is 263 g/mol. The molecule has 1 atom stereocenters. The third-order valence-electron chi connectivity index (χ3n) is 2.65. The fraction of sp³-hybridized carbons (Fsp3) is 0.900. The van der Waals surface area contributed by atoms with Gasteiger partial charge in [-0.05, 0) is 18.9 Å². The van der Waals surface area contributed by atoms with Crippen LogP contribution < -0.4 is 11.1 Å². The normalized spacial score (nSPS) is 21.3. The number of carbonyl (C=O) groups excluding carboxylic acids is 1. The van der Waals surface area contributed by atoms with Gasteiger partial charge in [0.1, 0.15) is 0 Å². The van der Waals surface area contributed by atoms with Gasteiger partial charge in [-0.25, -0.2) is 8.42 Å². The van der Waals surface area contributed by atoms with E-state index in [2.05, 4.69) is 5.32 Å². The van der Waals surface area contributed by atoms with Gasteiger partial charge in [0.15, 0.2) is 0 Å². The molecular weight excluding hydrogens is 242 g/mol. The van der Waals surface area contributed by atoms with Crippen LogP contribution in [0.4, 0.5) is 0 Å². The molecule has 0 aromatic heterocycles. The molecule has 100 valence electrons. The van der Waals surface area contributed by atoms with E-state index >= 15 is 0 Å². The first-order valence-electron chi connectivity index (χ1n) is 5.81. The van der Waals surface area contributed by atoms with Crippen molar-refractivity contribution < 1.29 is 13.2 Å². The van der Waals surface area contributed by atoms with E-state index in [1.807, 2.05) is 13.8 Å². The number of sulfonamides is 1. The van der Waals surface area contributed by atoms with E-state index in [1.165, 1.54) is 4.31 Å². The van der Waals surface area contributed by atoms with E-state index in [4.69, 9.17) is 5.73 Å². The topological polar surface area (TPSA) is 92.5 Å². The monoisotopic (exact) mass is 263 g/mol. The van der Waals surface area contributed by atoms with Gasteiger partial charge in [-0.1, -0.05) is 13.8 Å². The lowest BCUT2D eigenvalue weighted by Crippen LogP contribution is -2.47. The summed E-state index contributed by atoms with van der Waals surface area (Å²) in [6, 6.07) is -0.147. The molecule has 1 unspecified atom stereocenters. The number of hydrogen-bond acceptors (Lipinski definition) is 4. The molecule has 1 rings (SSSR count). The minimum absolute atomic E-state index is 0.0322. The number of primary amides is 1. The fourth-order valence-electron chi connectivity index (χ4n) is 2.01. The summed E-state index contributed by atoms with van der Waals surface area (Å²) >= 11 is 0. The summed E-state index contributed by atoms with van der Waals surface area (Å²) in [6.07, 6.45) is 0.727. The molecule has 1 amide bonds. The van der Waals surface area contributed by atoms with E-state index in [0.29, 0.717) is 6.54 Å². The second-order valence-corrected chi connectivity index (χ2v) is 6.80. The lowest BCUT2D eigenvalue weighted by Gasteiger charge is -2.27. The number of nitrogens with two attached hydrogens (primary N) is 1. The maximum atomic E-state index is 12.2. The Labute approximate surface area is 103 Å². The predicted octanol–water partition coefficient (Wildman–Crippen LogP) is -0.879. The van der Waals surface area contributed by atoms with Crippen molar-refractivity contribution >= 4 is 15.9 Å². The molecular formula is C10H21N3O3S. The van der Waals surface area contributed by atoms with Crippen molar-refractivity contribution in [1.29, 1.82) is 0 Å². The minimum atomic E-state index is -3.41. The Hall–Kier alpha value is -0.660. The van der Waals surface area contributed by atoms with Crippen LogP contribution in [0.15, 0.2) is 0 Å². The van der Waals surface area contributed by atoms with Gasteiger partial charge in [-0.15, -0.1) is 0 Å². The Morgan fingerprint density at radius 3 is 2.59 bits per heavy atom. The zero-order valence-electron chi connectivity index (χ0n) is 10.3. The molecule has 1 fully saturated rings. The van der Waals surface area contributed by atoms with Crippen LogP contribution in [-0.2, 0) is 14.8 Å². The Balaban J connectivity index is 2.84. The van der Waals surface area contributed by atoms with Gasteiger partial charge in [-0.3, -0.25) is 4.79 Å². The molecule has 1 heterocycles. The van der Waals surface area contributed by atoms with Gasteiger partial charge >= 0.3 is 0 Å². The van der Waals surface area contributed by atoms with Crippen molar-refractivity contribution in [2.45, 2.75) is 26.3 Å². The molecule has 0 aromatic rings. The highest BCUT2D eigenvalue weighted by Gasteiger charge is 2.33. The van der Waals surface area contributed by atoms with Gasteiger partial charge in [0.2, 0.25) is 15.9 Å². The Bertz CT molecular complexity index is 361. The fourth-order valence-corrected chi connectivity index (χ4v) is 4.00. The highest BCUT2D eigenvalue weighted by atomic mass is 32.2.